The number of carboxylic acids is 1. The van der Waals surface area contributed by atoms with E-state index < -0.39 is 5.97 Å². The highest BCUT2D eigenvalue weighted by Crippen LogP contribution is 2.20. The Morgan fingerprint density at radius 1 is 1.47 bits per heavy atom. The van der Waals surface area contributed by atoms with E-state index in [9.17, 15) is 4.79 Å². The van der Waals surface area contributed by atoms with E-state index in [-0.39, 0.29) is 6.42 Å². The van der Waals surface area contributed by atoms with Crippen LogP contribution in [0.5, 0.6) is 0 Å². The Morgan fingerprint density at radius 3 is 2.88 bits per heavy atom. The molecule has 0 saturated carbocycles. The summed E-state index contributed by atoms with van der Waals surface area (Å²) in [6.07, 6.45) is 0.685. The highest BCUT2D eigenvalue weighted by atomic mass is 16.4. The van der Waals surface area contributed by atoms with Crippen molar-refractivity contribution in [2.75, 3.05) is 0 Å². The number of benzene rings is 1. The maximum atomic E-state index is 10.6. The molecular formula is C12H15N3O2. The molecule has 2 rings (SSSR count). The van der Waals surface area contributed by atoms with Crippen LogP contribution < -0.4 is 0 Å². The van der Waals surface area contributed by atoms with Crippen molar-refractivity contribution in [2.24, 2.45) is 0 Å². The Balaban J connectivity index is 2.40. The van der Waals surface area contributed by atoms with Crippen LogP contribution in [0.1, 0.15) is 24.5 Å². The van der Waals surface area contributed by atoms with Gasteiger partial charge in [0.2, 0.25) is 0 Å². The van der Waals surface area contributed by atoms with Gasteiger partial charge in [0.25, 0.3) is 0 Å². The molecule has 1 aromatic carbocycles. The number of carbonyl (C=O) groups is 1. The minimum atomic E-state index is -0.776. The molecular weight excluding hydrogens is 218 g/mol. The summed E-state index contributed by atoms with van der Waals surface area (Å²) in [4.78, 5) is 10.6. The topological polar surface area (TPSA) is 68.0 Å². The maximum Gasteiger partial charge on any atom is 0.303 e. The molecule has 0 unspecified atom stereocenters. The van der Waals surface area contributed by atoms with Crippen LogP contribution in [-0.4, -0.2) is 26.1 Å². The van der Waals surface area contributed by atoms with Gasteiger partial charge in [-0.15, -0.1) is 5.10 Å². The number of aryl methyl sites for hydroxylation is 3. The van der Waals surface area contributed by atoms with Crippen molar-refractivity contribution < 1.29 is 9.90 Å². The zero-order chi connectivity index (χ0) is 12.4. The lowest BCUT2D eigenvalue weighted by Crippen LogP contribution is -2.00. The minimum Gasteiger partial charge on any atom is -0.481 e. The van der Waals surface area contributed by atoms with Gasteiger partial charge in [0, 0.05) is 13.0 Å². The van der Waals surface area contributed by atoms with Crippen molar-refractivity contribution in [3.8, 4) is 0 Å². The summed E-state index contributed by atoms with van der Waals surface area (Å²) >= 11 is 0. The fourth-order valence-corrected chi connectivity index (χ4v) is 1.96. The second kappa shape index (κ2) is 4.53. The van der Waals surface area contributed by atoms with Crippen molar-refractivity contribution in [1.29, 1.82) is 0 Å². The number of rotatable bonds is 4. The third kappa shape index (κ3) is 2.13. The Morgan fingerprint density at radius 2 is 2.24 bits per heavy atom. The summed E-state index contributed by atoms with van der Waals surface area (Å²) in [6.45, 7) is 4.76. The number of aliphatic carboxylic acids is 1. The van der Waals surface area contributed by atoms with Crippen LogP contribution in [0, 0.1) is 6.92 Å². The Labute approximate surface area is 99.1 Å². The van der Waals surface area contributed by atoms with E-state index in [1.54, 1.807) is 0 Å². The van der Waals surface area contributed by atoms with Gasteiger partial charge in [-0.2, -0.15) is 0 Å². The lowest BCUT2D eigenvalue weighted by Gasteiger charge is -2.05. The maximum absolute atomic E-state index is 10.6. The molecule has 5 nitrogen and oxygen atoms in total. The van der Waals surface area contributed by atoms with E-state index in [1.807, 2.05) is 30.7 Å². The molecule has 0 bridgehead atoms. The van der Waals surface area contributed by atoms with E-state index in [1.165, 1.54) is 0 Å². The van der Waals surface area contributed by atoms with Crippen LogP contribution in [-0.2, 0) is 17.8 Å². The third-order valence-corrected chi connectivity index (χ3v) is 2.96. The van der Waals surface area contributed by atoms with E-state index in [2.05, 4.69) is 10.3 Å². The first-order chi connectivity index (χ1) is 8.13. The van der Waals surface area contributed by atoms with Gasteiger partial charge in [0.1, 0.15) is 5.52 Å². The Kier molecular flexibility index (Phi) is 3.08. The number of nitrogens with zero attached hydrogens (tertiary/aromatic N) is 3. The molecule has 0 spiro atoms. The average Bonchev–Trinajstić information content (AvgIpc) is 2.71. The third-order valence-electron chi connectivity index (χ3n) is 2.96. The zero-order valence-electron chi connectivity index (χ0n) is 9.97. The molecule has 0 amide bonds. The molecule has 0 aliphatic rings. The first-order valence-electron chi connectivity index (χ1n) is 5.67. The highest BCUT2D eigenvalue weighted by Gasteiger charge is 2.10. The molecule has 17 heavy (non-hydrogen) atoms. The first-order valence-corrected chi connectivity index (χ1v) is 5.67. The average molecular weight is 233 g/mol. The van der Waals surface area contributed by atoms with E-state index >= 15 is 0 Å². The summed E-state index contributed by atoms with van der Waals surface area (Å²) < 4.78 is 1.84. The van der Waals surface area contributed by atoms with Gasteiger partial charge in [-0.05, 0) is 37.5 Å². The van der Waals surface area contributed by atoms with E-state index in [0.717, 1.165) is 28.7 Å². The van der Waals surface area contributed by atoms with Gasteiger partial charge < -0.3 is 5.11 Å². The predicted molar refractivity (Wildman–Crippen MR) is 63.9 cm³/mol. The van der Waals surface area contributed by atoms with Crippen LogP contribution in [0.4, 0.5) is 0 Å². The smallest absolute Gasteiger partial charge is 0.303 e. The Bertz CT molecular complexity index is 560. The molecule has 1 N–H and O–H groups in total. The van der Waals surface area contributed by atoms with Gasteiger partial charge >= 0.3 is 5.97 Å². The lowest BCUT2D eigenvalue weighted by molar-refractivity contribution is -0.136. The van der Waals surface area contributed by atoms with Crippen molar-refractivity contribution in [3.05, 3.63) is 23.3 Å². The van der Waals surface area contributed by atoms with Crippen LogP contribution in [0.2, 0.25) is 0 Å². The Hall–Kier alpha value is -1.91. The quantitative estimate of drug-likeness (QED) is 0.874. The number of hydrogen-bond donors (Lipinski definition) is 1. The summed E-state index contributed by atoms with van der Waals surface area (Å²) in [5, 5.41) is 16.9. The molecule has 1 aromatic heterocycles. The zero-order valence-corrected chi connectivity index (χ0v) is 9.97. The normalized spacial score (nSPS) is 10.9. The van der Waals surface area contributed by atoms with Crippen LogP contribution in [0.25, 0.3) is 11.0 Å². The first kappa shape index (κ1) is 11.6. The summed E-state index contributed by atoms with van der Waals surface area (Å²) in [5.74, 6) is -0.776. The van der Waals surface area contributed by atoms with E-state index in [0.29, 0.717) is 6.42 Å². The van der Waals surface area contributed by atoms with Crippen LogP contribution in [0.3, 0.4) is 0 Å². The second-order valence-electron chi connectivity index (χ2n) is 4.02. The van der Waals surface area contributed by atoms with Crippen molar-refractivity contribution in [1.82, 2.24) is 15.0 Å². The summed E-state index contributed by atoms with van der Waals surface area (Å²) in [7, 11) is 0. The molecule has 5 heteroatoms. The lowest BCUT2D eigenvalue weighted by atomic mass is 10.0. The molecule has 2 aromatic rings. The highest BCUT2D eigenvalue weighted by molar-refractivity contribution is 5.79. The molecule has 0 radical (unpaired) electrons. The van der Waals surface area contributed by atoms with Crippen LogP contribution >= 0.6 is 0 Å². The van der Waals surface area contributed by atoms with Gasteiger partial charge in [-0.3, -0.25) is 4.79 Å². The van der Waals surface area contributed by atoms with Crippen LogP contribution in [0.15, 0.2) is 12.1 Å². The molecule has 1 heterocycles. The predicted octanol–water partition coefficient (Wildman–Crippen LogP) is 1.78. The number of hydrogen-bond acceptors (Lipinski definition) is 3. The summed E-state index contributed by atoms with van der Waals surface area (Å²) in [6, 6.07) is 3.93. The fourth-order valence-electron chi connectivity index (χ4n) is 1.96. The van der Waals surface area contributed by atoms with E-state index in [4.69, 9.17) is 5.11 Å². The number of fused-ring (bicyclic) bond motifs is 1. The van der Waals surface area contributed by atoms with Gasteiger partial charge in [-0.1, -0.05) is 11.3 Å². The van der Waals surface area contributed by atoms with Gasteiger partial charge in [0.05, 0.1) is 5.52 Å². The molecule has 0 atom stereocenters. The minimum absolute atomic E-state index is 0.147. The molecule has 0 aliphatic heterocycles. The largest absolute Gasteiger partial charge is 0.481 e. The number of carboxylic acid groups (broad SMARTS) is 1. The van der Waals surface area contributed by atoms with Crippen molar-refractivity contribution in [2.45, 2.75) is 33.2 Å². The fraction of sp³-hybridized carbons (Fsp3) is 0.417. The van der Waals surface area contributed by atoms with Gasteiger partial charge in [0.15, 0.2) is 0 Å². The standard InChI is InChI=1S/C12H15N3O2/c1-3-15-10-6-4-9(5-7-11(16)17)8(2)12(10)13-14-15/h4,6H,3,5,7H2,1-2H3,(H,16,17). The summed E-state index contributed by atoms with van der Waals surface area (Å²) in [5.41, 5.74) is 3.94. The molecule has 0 saturated heterocycles. The molecule has 0 aliphatic carbocycles. The van der Waals surface area contributed by atoms with Gasteiger partial charge in [-0.25, -0.2) is 4.68 Å². The molecule has 90 valence electrons. The van der Waals surface area contributed by atoms with Crippen molar-refractivity contribution in [3.63, 3.8) is 0 Å². The number of aromatic nitrogens is 3. The monoisotopic (exact) mass is 233 g/mol. The second-order valence-corrected chi connectivity index (χ2v) is 4.02. The SMILES string of the molecule is CCn1nnc2c(C)c(CCC(=O)O)ccc21. The molecule has 0 fully saturated rings. The van der Waals surface area contributed by atoms with Crippen molar-refractivity contribution >= 4 is 17.0 Å².